The monoisotopic (exact) mass is 343 g/mol. The Morgan fingerprint density at radius 2 is 1.81 bits per heavy atom. The zero-order chi connectivity index (χ0) is 15.4. The second kappa shape index (κ2) is 7.03. The summed E-state index contributed by atoms with van der Waals surface area (Å²) in [5, 5.41) is 3.99. The summed E-state index contributed by atoms with van der Waals surface area (Å²) in [5.41, 5.74) is 0.473. The Hall–Kier alpha value is -1.42. The van der Waals surface area contributed by atoms with Gasteiger partial charge < -0.3 is 10.1 Å². The predicted molar refractivity (Wildman–Crippen MR) is 86.6 cm³/mol. The molecule has 2 rings (SSSR count). The maximum Gasteiger partial charge on any atom is 0.265 e. The Balaban J connectivity index is 2.04. The molecule has 6 heteroatoms. The highest BCUT2D eigenvalue weighted by Gasteiger charge is 2.17. The van der Waals surface area contributed by atoms with E-state index in [1.165, 1.54) is 0 Å². The summed E-state index contributed by atoms with van der Waals surface area (Å²) in [6.07, 6.45) is -0.725. The summed E-state index contributed by atoms with van der Waals surface area (Å²) in [5.74, 6) is 0.114. The molecule has 0 heterocycles. The minimum atomic E-state index is -0.725. The van der Waals surface area contributed by atoms with E-state index in [9.17, 15) is 4.79 Å². The maximum atomic E-state index is 12.1. The second-order valence-corrected chi connectivity index (χ2v) is 5.55. The molecule has 0 radical (unpaired) electrons. The van der Waals surface area contributed by atoms with Crippen LogP contribution in [-0.4, -0.2) is 12.0 Å². The summed E-state index contributed by atoms with van der Waals surface area (Å²) in [7, 11) is 0. The van der Waals surface area contributed by atoms with Gasteiger partial charge in [0, 0.05) is 5.02 Å². The standard InChI is InChI=1S/C15H12Cl3NO2/c1-9(21-14-5-3-2-4-11(14)17)15(20)19-13-7-6-10(16)8-12(13)18/h2-9H,1H3,(H,19,20). The minimum absolute atomic E-state index is 0.334. The Morgan fingerprint density at radius 3 is 2.48 bits per heavy atom. The Kier molecular flexibility index (Phi) is 5.34. The van der Waals surface area contributed by atoms with Gasteiger partial charge in [0.15, 0.2) is 6.10 Å². The lowest BCUT2D eigenvalue weighted by atomic mass is 10.3. The number of carbonyl (C=O) groups is 1. The van der Waals surface area contributed by atoms with E-state index in [0.29, 0.717) is 26.5 Å². The summed E-state index contributed by atoms with van der Waals surface area (Å²) >= 11 is 17.8. The first-order valence-corrected chi connectivity index (χ1v) is 7.28. The zero-order valence-electron chi connectivity index (χ0n) is 11.1. The van der Waals surface area contributed by atoms with Crippen molar-refractivity contribution in [2.24, 2.45) is 0 Å². The van der Waals surface area contributed by atoms with E-state index in [0.717, 1.165) is 0 Å². The van der Waals surface area contributed by atoms with Crippen LogP contribution in [0.3, 0.4) is 0 Å². The van der Waals surface area contributed by atoms with Crippen molar-refractivity contribution >= 4 is 46.4 Å². The molecule has 1 atom stereocenters. The number of rotatable bonds is 4. The largest absolute Gasteiger partial charge is 0.479 e. The van der Waals surface area contributed by atoms with Crippen LogP contribution in [0, 0.1) is 0 Å². The Labute approximate surface area is 137 Å². The number of carbonyl (C=O) groups excluding carboxylic acids is 1. The second-order valence-electron chi connectivity index (χ2n) is 4.30. The molecule has 0 aliphatic rings. The first-order chi connectivity index (χ1) is 9.97. The third kappa shape index (κ3) is 4.27. The van der Waals surface area contributed by atoms with Crippen LogP contribution in [0.2, 0.25) is 15.1 Å². The van der Waals surface area contributed by atoms with Gasteiger partial charge in [0.05, 0.1) is 15.7 Å². The molecule has 0 aliphatic heterocycles. The third-order valence-electron chi connectivity index (χ3n) is 2.70. The highest BCUT2D eigenvalue weighted by Crippen LogP contribution is 2.27. The van der Waals surface area contributed by atoms with Gasteiger partial charge in [0.2, 0.25) is 0 Å². The molecule has 0 aliphatic carbocycles. The highest BCUT2D eigenvalue weighted by atomic mass is 35.5. The fourth-order valence-electron chi connectivity index (χ4n) is 1.61. The van der Waals surface area contributed by atoms with E-state index in [-0.39, 0.29) is 5.91 Å². The Morgan fingerprint density at radius 1 is 1.10 bits per heavy atom. The van der Waals surface area contributed by atoms with Crippen LogP contribution >= 0.6 is 34.8 Å². The van der Waals surface area contributed by atoms with Gasteiger partial charge in [-0.15, -0.1) is 0 Å². The molecule has 21 heavy (non-hydrogen) atoms. The van der Waals surface area contributed by atoms with Crippen molar-refractivity contribution in [1.82, 2.24) is 0 Å². The van der Waals surface area contributed by atoms with Gasteiger partial charge in [-0.25, -0.2) is 0 Å². The average Bonchev–Trinajstić information content (AvgIpc) is 2.44. The molecule has 1 unspecified atom stereocenters. The molecule has 1 N–H and O–H groups in total. The van der Waals surface area contributed by atoms with Crippen molar-refractivity contribution in [3.05, 3.63) is 57.5 Å². The van der Waals surface area contributed by atoms with Crippen LogP contribution in [0.5, 0.6) is 5.75 Å². The number of nitrogens with one attached hydrogen (secondary N) is 1. The Bertz CT molecular complexity index is 661. The van der Waals surface area contributed by atoms with Crippen molar-refractivity contribution in [3.63, 3.8) is 0 Å². The van der Waals surface area contributed by atoms with Gasteiger partial charge in [-0.2, -0.15) is 0 Å². The lowest BCUT2D eigenvalue weighted by molar-refractivity contribution is -0.122. The number of para-hydroxylation sites is 1. The topological polar surface area (TPSA) is 38.3 Å². The van der Waals surface area contributed by atoms with Crippen LogP contribution in [0.25, 0.3) is 0 Å². The number of anilines is 1. The van der Waals surface area contributed by atoms with Crippen molar-refractivity contribution in [3.8, 4) is 5.75 Å². The summed E-state index contributed by atoms with van der Waals surface area (Å²) < 4.78 is 5.53. The van der Waals surface area contributed by atoms with Gasteiger partial charge in [-0.3, -0.25) is 4.79 Å². The van der Waals surface area contributed by atoms with E-state index in [1.807, 2.05) is 0 Å². The molecule has 0 spiro atoms. The van der Waals surface area contributed by atoms with Gasteiger partial charge in [-0.1, -0.05) is 46.9 Å². The average molecular weight is 345 g/mol. The van der Waals surface area contributed by atoms with E-state index < -0.39 is 6.10 Å². The van der Waals surface area contributed by atoms with Crippen molar-refractivity contribution in [2.45, 2.75) is 13.0 Å². The van der Waals surface area contributed by atoms with Gasteiger partial charge in [0.25, 0.3) is 5.91 Å². The molecule has 0 bridgehead atoms. The number of amides is 1. The number of halogens is 3. The van der Waals surface area contributed by atoms with E-state index in [4.69, 9.17) is 39.5 Å². The quantitative estimate of drug-likeness (QED) is 0.842. The number of benzene rings is 2. The van der Waals surface area contributed by atoms with Gasteiger partial charge >= 0.3 is 0 Å². The van der Waals surface area contributed by atoms with Crippen molar-refractivity contribution < 1.29 is 9.53 Å². The molecule has 0 saturated heterocycles. The number of hydrogen-bond acceptors (Lipinski definition) is 2. The first-order valence-electron chi connectivity index (χ1n) is 6.14. The van der Waals surface area contributed by atoms with Crippen molar-refractivity contribution in [2.75, 3.05) is 5.32 Å². The first kappa shape index (κ1) is 16.0. The molecule has 2 aromatic carbocycles. The summed E-state index contributed by atoms with van der Waals surface area (Å²) in [4.78, 5) is 12.1. The molecular formula is C15H12Cl3NO2. The maximum absolute atomic E-state index is 12.1. The SMILES string of the molecule is CC(Oc1ccccc1Cl)C(=O)Nc1ccc(Cl)cc1Cl. The van der Waals surface area contributed by atoms with E-state index in [1.54, 1.807) is 49.4 Å². The normalized spacial score (nSPS) is 11.8. The lowest BCUT2D eigenvalue weighted by Gasteiger charge is -2.16. The smallest absolute Gasteiger partial charge is 0.265 e. The fraction of sp³-hybridized carbons (Fsp3) is 0.133. The molecule has 0 aromatic heterocycles. The van der Waals surface area contributed by atoms with Gasteiger partial charge in [-0.05, 0) is 37.3 Å². The molecule has 3 nitrogen and oxygen atoms in total. The lowest BCUT2D eigenvalue weighted by Crippen LogP contribution is -2.30. The summed E-state index contributed by atoms with van der Waals surface area (Å²) in [6, 6.07) is 11.8. The summed E-state index contributed by atoms with van der Waals surface area (Å²) in [6.45, 7) is 1.63. The molecule has 110 valence electrons. The van der Waals surface area contributed by atoms with Crippen LogP contribution in [0.4, 0.5) is 5.69 Å². The van der Waals surface area contributed by atoms with Crippen LogP contribution in [0.15, 0.2) is 42.5 Å². The number of hydrogen-bond donors (Lipinski definition) is 1. The third-order valence-corrected chi connectivity index (χ3v) is 3.56. The van der Waals surface area contributed by atoms with Crippen LogP contribution in [0.1, 0.15) is 6.92 Å². The molecule has 1 amide bonds. The number of ether oxygens (including phenoxy) is 1. The predicted octanol–water partition coefficient (Wildman–Crippen LogP) is 5.05. The zero-order valence-corrected chi connectivity index (χ0v) is 13.3. The molecule has 0 fully saturated rings. The molecular weight excluding hydrogens is 333 g/mol. The molecule has 2 aromatic rings. The van der Waals surface area contributed by atoms with Gasteiger partial charge in [0.1, 0.15) is 5.75 Å². The fourth-order valence-corrected chi connectivity index (χ4v) is 2.25. The molecule has 0 saturated carbocycles. The van der Waals surface area contributed by atoms with Crippen LogP contribution in [-0.2, 0) is 4.79 Å². The van der Waals surface area contributed by atoms with E-state index >= 15 is 0 Å². The van der Waals surface area contributed by atoms with E-state index in [2.05, 4.69) is 5.32 Å². The van der Waals surface area contributed by atoms with Crippen molar-refractivity contribution in [1.29, 1.82) is 0 Å². The van der Waals surface area contributed by atoms with Crippen LogP contribution < -0.4 is 10.1 Å². The minimum Gasteiger partial charge on any atom is -0.479 e. The highest BCUT2D eigenvalue weighted by molar-refractivity contribution is 6.36.